The summed E-state index contributed by atoms with van der Waals surface area (Å²) in [6.45, 7) is 2.86. The average molecular weight is 427 g/mol. The number of halogens is 1. The van der Waals surface area contributed by atoms with Crippen molar-refractivity contribution in [3.05, 3.63) is 41.0 Å². The topological polar surface area (TPSA) is 59.5 Å². The number of benzene rings is 1. The Morgan fingerprint density at radius 1 is 1.22 bits per heavy atom. The van der Waals surface area contributed by atoms with E-state index in [2.05, 4.69) is 4.98 Å². The Hall–Kier alpha value is -1.55. The molecule has 27 heavy (non-hydrogen) atoms. The monoisotopic (exact) mass is 426 g/mol. The average Bonchev–Trinajstić information content (AvgIpc) is 3.28. The maximum atomic E-state index is 13.3. The van der Waals surface area contributed by atoms with E-state index in [1.807, 2.05) is 13.0 Å². The van der Waals surface area contributed by atoms with Gasteiger partial charge in [-0.05, 0) is 49.6 Å². The van der Waals surface area contributed by atoms with Crippen LogP contribution in [0, 0.1) is 5.82 Å². The highest BCUT2D eigenvalue weighted by Gasteiger charge is 2.31. The van der Waals surface area contributed by atoms with Gasteiger partial charge in [0.05, 0.1) is 10.2 Å². The van der Waals surface area contributed by atoms with Crippen LogP contribution in [0.5, 0.6) is 5.19 Å². The molecular formula is C18H19FN2O3S3. The van der Waals surface area contributed by atoms with E-state index in [1.54, 1.807) is 12.1 Å². The first-order valence-corrected chi connectivity index (χ1v) is 11.8. The summed E-state index contributed by atoms with van der Waals surface area (Å²) in [5, 5.41) is 0.503. The largest absolute Gasteiger partial charge is 0.467 e. The molecule has 3 aromatic rings. The summed E-state index contributed by atoms with van der Waals surface area (Å²) in [7, 11) is -3.43. The Kier molecular flexibility index (Phi) is 5.19. The maximum absolute atomic E-state index is 13.3. The fraction of sp³-hybridized carbons (Fsp3) is 0.389. The third-order valence-electron chi connectivity index (χ3n) is 4.58. The molecule has 0 saturated carbocycles. The molecule has 0 unspecified atom stereocenters. The number of piperidine rings is 1. The van der Waals surface area contributed by atoms with Gasteiger partial charge >= 0.3 is 0 Å². The Balaban J connectivity index is 1.40. The van der Waals surface area contributed by atoms with Crippen molar-refractivity contribution in [1.82, 2.24) is 9.29 Å². The van der Waals surface area contributed by atoms with Gasteiger partial charge in [-0.2, -0.15) is 4.31 Å². The number of fused-ring (bicyclic) bond motifs is 1. The number of rotatable bonds is 5. The summed E-state index contributed by atoms with van der Waals surface area (Å²) in [5.74, 6) is -0.295. The summed E-state index contributed by atoms with van der Waals surface area (Å²) >= 11 is 2.65. The number of aromatic nitrogens is 1. The zero-order valence-corrected chi connectivity index (χ0v) is 17.2. The van der Waals surface area contributed by atoms with Crippen molar-refractivity contribution in [2.45, 2.75) is 36.5 Å². The van der Waals surface area contributed by atoms with Crippen LogP contribution in [0.3, 0.4) is 0 Å². The van der Waals surface area contributed by atoms with Crippen LogP contribution in [-0.4, -0.2) is 36.9 Å². The third-order valence-corrected chi connectivity index (χ3v) is 9.08. The molecule has 2 aromatic heterocycles. The quantitative estimate of drug-likeness (QED) is 0.611. The molecule has 0 N–H and O–H groups in total. The summed E-state index contributed by atoms with van der Waals surface area (Å²) in [6.07, 6.45) is 1.96. The van der Waals surface area contributed by atoms with E-state index < -0.39 is 10.0 Å². The van der Waals surface area contributed by atoms with Crippen LogP contribution in [0.2, 0.25) is 0 Å². The van der Waals surface area contributed by atoms with Crippen molar-refractivity contribution in [1.29, 1.82) is 0 Å². The van der Waals surface area contributed by atoms with Gasteiger partial charge in [0.1, 0.15) is 16.1 Å². The van der Waals surface area contributed by atoms with E-state index in [9.17, 15) is 12.8 Å². The molecule has 1 aliphatic rings. The molecule has 3 heterocycles. The number of hydrogen-bond acceptors (Lipinski definition) is 6. The second-order valence-corrected chi connectivity index (χ2v) is 10.7. The maximum Gasteiger partial charge on any atom is 0.274 e. The smallest absolute Gasteiger partial charge is 0.274 e. The van der Waals surface area contributed by atoms with E-state index in [0.29, 0.717) is 40.9 Å². The highest BCUT2D eigenvalue weighted by Crippen LogP contribution is 2.32. The lowest BCUT2D eigenvalue weighted by Gasteiger charge is -2.30. The molecule has 0 aliphatic carbocycles. The van der Waals surface area contributed by atoms with E-state index in [0.717, 1.165) is 16.0 Å². The number of sulfonamides is 1. The number of nitrogens with zero attached hydrogens (tertiary/aromatic N) is 2. The molecule has 4 rings (SSSR count). The minimum Gasteiger partial charge on any atom is -0.467 e. The zero-order chi connectivity index (χ0) is 19.0. The molecule has 144 valence electrons. The standard InChI is InChI=1S/C18H19FN2O3S3/c1-2-14-4-6-17(25-14)27(22,23)21-9-7-13(8-10-21)24-18-20-15-5-3-12(19)11-16(15)26-18/h3-6,11,13H,2,7-10H2,1H3. The molecule has 0 radical (unpaired) electrons. The van der Waals surface area contributed by atoms with Gasteiger partial charge in [0, 0.05) is 18.0 Å². The Labute approximate surface area is 165 Å². The van der Waals surface area contributed by atoms with Gasteiger partial charge in [0.2, 0.25) is 0 Å². The highest BCUT2D eigenvalue weighted by atomic mass is 32.2. The highest BCUT2D eigenvalue weighted by molar-refractivity contribution is 7.91. The lowest BCUT2D eigenvalue weighted by molar-refractivity contribution is 0.135. The lowest BCUT2D eigenvalue weighted by Crippen LogP contribution is -2.41. The molecule has 1 saturated heterocycles. The van der Waals surface area contributed by atoms with Crippen LogP contribution in [0.4, 0.5) is 4.39 Å². The molecule has 5 nitrogen and oxygen atoms in total. The number of hydrogen-bond donors (Lipinski definition) is 0. The molecule has 0 bridgehead atoms. The van der Waals surface area contributed by atoms with E-state index in [1.165, 1.54) is 39.1 Å². The van der Waals surface area contributed by atoms with Crippen molar-refractivity contribution in [2.75, 3.05) is 13.1 Å². The second kappa shape index (κ2) is 7.46. The van der Waals surface area contributed by atoms with E-state index >= 15 is 0 Å². The van der Waals surface area contributed by atoms with Crippen LogP contribution < -0.4 is 4.74 Å². The SMILES string of the molecule is CCc1ccc(S(=O)(=O)N2CCC(Oc3nc4ccc(F)cc4s3)CC2)s1. The van der Waals surface area contributed by atoms with Gasteiger partial charge in [0.15, 0.2) is 0 Å². The van der Waals surface area contributed by atoms with Crippen molar-refractivity contribution in [2.24, 2.45) is 0 Å². The predicted octanol–water partition coefficient (Wildman–Crippen LogP) is 4.29. The normalized spacial score (nSPS) is 16.8. The number of thiazole rings is 1. The molecule has 1 aliphatic heterocycles. The van der Waals surface area contributed by atoms with Crippen molar-refractivity contribution < 1.29 is 17.5 Å². The molecule has 0 amide bonds. The summed E-state index contributed by atoms with van der Waals surface area (Å²) in [4.78, 5) is 5.44. The van der Waals surface area contributed by atoms with Crippen molar-refractivity contribution in [3.63, 3.8) is 0 Å². The molecular weight excluding hydrogens is 407 g/mol. The first kappa shape index (κ1) is 18.8. The minimum atomic E-state index is -3.43. The summed E-state index contributed by atoms with van der Waals surface area (Å²) < 4.78 is 47.5. The van der Waals surface area contributed by atoms with Gasteiger partial charge in [0.25, 0.3) is 15.2 Å². The van der Waals surface area contributed by atoms with Crippen LogP contribution in [-0.2, 0) is 16.4 Å². The Morgan fingerprint density at radius 3 is 2.70 bits per heavy atom. The van der Waals surface area contributed by atoms with Gasteiger partial charge in [-0.15, -0.1) is 11.3 Å². The molecule has 1 fully saturated rings. The minimum absolute atomic E-state index is 0.0867. The molecule has 0 spiro atoms. The van der Waals surface area contributed by atoms with Gasteiger partial charge in [-0.3, -0.25) is 0 Å². The third kappa shape index (κ3) is 3.87. The Morgan fingerprint density at radius 2 is 2.00 bits per heavy atom. The predicted molar refractivity (Wildman–Crippen MR) is 106 cm³/mol. The number of thiophene rings is 1. The van der Waals surface area contributed by atoms with Crippen molar-refractivity contribution >= 4 is 42.9 Å². The van der Waals surface area contributed by atoms with E-state index in [4.69, 9.17) is 4.74 Å². The molecule has 9 heteroatoms. The second-order valence-electron chi connectivity index (χ2n) is 6.39. The first-order chi connectivity index (χ1) is 13.0. The van der Waals surface area contributed by atoms with Gasteiger partial charge in [-0.1, -0.05) is 18.3 Å². The van der Waals surface area contributed by atoms with Crippen molar-refractivity contribution in [3.8, 4) is 5.19 Å². The first-order valence-electron chi connectivity index (χ1n) is 8.77. The fourth-order valence-electron chi connectivity index (χ4n) is 3.07. The summed E-state index contributed by atoms with van der Waals surface area (Å²) in [6, 6.07) is 8.03. The fourth-order valence-corrected chi connectivity index (χ4v) is 6.90. The zero-order valence-electron chi connectivity index (χ0n) is 14.7. The van der Waals surface area contributed by atoms with Crippen LogP contribution in [0.25, 0.3) is 10.2 Å². The molecule has 1 aromatic carbocycles. The van der Waals surface area contributed by atoms with Crippen LogP contribution in [0.1, 0.15) is 24.6 Å². The molecule has 0 atom stereocenters. The van der Waals surface area contributed by atoms with Gasteiger partial charge in [-0.25, -0.2) is 17.8 Å². The lowest BCUT2D eigenvalue weighted by atomic mass is 10.1. The summed E-state index contributed by atoms with van der Waals surface area (Å²) in [5.41, 5.74) is 0.709. The van der Waals surface area contributed by atoms with E-state index in [-0.39, 0.29) is 11.9 Å². The Bertz CT molecular complexity index is 1050. The number of ether oxygens (including phenoxy) is 1. The van der Waals surface area contributed by atoms with Gasteiger partial charge < -0.3 is 4.74 Å². The number of aryl methyl sites for hydroxylation is 1. The van der Waals surface area contributed by atoms with Crippen LogP contribution in [0.15, 0.2) is 34.5 Å². The van der Waals surface area contributed by atoms with Crippen LogP contribution >= 0.6 is 22.7 Å².